The van der Waals surface area contributed by atoms with E-state index in [1.165, 1.54) is 0 Å². The number of carbonyl (C=O) groups is 1. The lowest BCUT2D eigenvalue weighted by Crippen LogP contribution is -2.60. The first kappa shape index (κ1) is 18.9. The molecule has 1 aromatic rings. The molecule has 0 heterocycles. The summed E-state index contributed by atoms with van der Waals surface area (Å²) in [5.41, 5.74) is 7.60. The van der Waals surface area contributed by atoms with Gasteiger partial charge in [0.05, 0.1) is 24.3 Å². The summed E-state index contributed by atoms with van der Waals surface area (Å²) in [6, 6.07) is 7.69. The van der Waals surface area contributed by atoms with Crippen LogP contribution in [0.25, 0.3) is 0 Å². The molecule has 1 fully saturated rings. The molecule has 140 valence electrons. The van der Waals surface area contributed by atoms with Gasteiger partial charge in [0.2, 0.25) is 0 Å². The summed E-state index contributed by atoms with van der Waals surface area (Å²) in [5.74, 6) is 0.181. The van der Waals surface area contributed by atoms with E-state index in [-0.39, 0.29) is 30.5 Å². The van der Waals surface area contributed by atoms with E-state index in [2.05, 4.69) is 19.9 Å². The van der Waals surface area contributed by atoms with Gasteiger partial charge in [-0.15, -0.1) is 0 Å². The molecule has 2 aliphatic carbocycles. The third-order valence-electron chi connectivity index (χ3n) is 6.45. The fourth-order valence-corrected chi connectivity index (χ4v) is 5.57. The molecular formula is C21H28N2O3. The molecule has 0 aromatic heterocycles. The van der Waals surface area contributed by atoms with Crippen molar-refractivity contribution in [3.63, 3.8) is 0 Å². The van der Waals surface area contributed by atoms with E-state index in [0.29, 0.717) is 5.56 Å². The zero-order valence-corrected chi connectivity index (χ0v) is 16.0. The summed E-state index contributed by atoms with van der Waals surface area (Å²) in [6.07, 6.45) is 2.48. The van der Waals surface area contributed by atoms with Gasteiger partial charge < -0.3 is 15.2 Å². The maximum Gasteiger partial charge on any atom is 0.331 e. The summed E-state index contributed by atoms with van der Waals surface area (Å²) in [6.45, 7) is 6.41. The molecule has 5 nitrogen and oxygen atoms in total. The molecule has 1 aromatic carbocycles. The highest BCUT2D eigenvalue weighted by Gasteiger charge is 2.63. The Morgan fingerprint density at radius 2 is 2.00 bits per heavy atom. The molecule has 2 aliphatic rings. The molecule has 1 spiro atoms. The lowest BCUT2D eigenvalue weighted by atomic mass is 9.56. The SMILES string of the molecule is CCOC(=O)[C@]1(N)c2cc(C#N)ccc2C[C@@]12C[C@@H](C)[C@H](OC)[C@@H](C)C2. The predicted molar refractivity (Wildman–Crippen MR) is 98.2 cm³/mol. The topological polar surface area (TPSA) is 85.3 Å². The first-order valence-electron chi connectivity index (χ1n) is 9.35. The minimum absolute atomic E-state index is 0.158. The van der Waals surface area contributed by atoms with E-state index >= 15 is 0 Å². The Labute approximate surface area is 155 Å². The number of nitrogens with zero attached hydrogens (tertiary/aromatic N) is 1. The van der Waals surface area contributed by atoms with Gasteiger partial charge in [0.25, 0.3) is 0 Å². The number of nitrogens with two attached hydrogens (primary N) is 1. The molecule has 3 rings (SSSR count). The van der Waals surface area contributed by atoms with Crippen molar-refractivity contribution in [1.82, 2.24) is 0 Å². The first-order valence-corrected chi connectivity index (χ1v) is 9.35. The standard InChI is InChI=1S/C21H28N2O3/c1-5-26-19(24)21(23)17-8-15(12-22)6-7-16(17)11-20(21)9-13(2)18(25-4)14(3)10-20/h6-8,13-14,18H,5,9-11,23H2,1-4H3/t13-,14+,18+,20+,21-/m1/s1. The Morgan fingerprint density at radius 3 is 2.54 bits per heavy atom. The summed E-state index contributed by atoms with van der Waals surface area (Å²) in [5, 5.41) is 9.31. The molecule has 0 unspecified atom stereocenters. The lowest BCUT2D eigenvalue weighted by molar-refractivity contribution is -0.161. The first-order chi connectivity index (χ1) is 12.3. The largest absolute Gasteiger partial charge is 0.464 e. The van der Waals surface area contributed by atoms with Gasteiger partial charge in [-0.25, -0.2) is 4.79 Å². The van der Waals surface area contributed by atoms with Crippen molar-refractivity contribution in [3.8, 4) is 6.07 Å². The number of hydrogen-bond donors (Lipinski definition) is 1. The molecule has 26 heavy (non-hydrogen) atoms. The average Bonchev–Trinajstić information content (AvgIpc) is 2.83. The van der Waals surface area contributed by atoms with Crippen LogP contribution in [0, 0.1) is 28.6 Å². The number of ether oxygens (including phenoxy) is 2. The summed E-state index contributed by atoms with van der Waals surface area (Å²) >= 11 is 0. The zero-order valence-electron chi connectivity index (χ0n) is 16.0. The van der Waals surface area contributed by atoms with Gasteiger partial charge in [0.1, 0.15) is 5.54 Å². The van der Waals surface area contributed by atoms with Crippen LogP contribution in [0.1, 0.15) is 50.3 Å². The summed E-state index contributed by atoms with van der Waals surface area (Å²) < 4.78 is 11.1. The number of benzene rings is 1. The molecule has 1 saturated carbocycles. The van der Waals surface area contributed by atoms with E-state index in [1.54, 1.807) is 26.2 Å². The Bertz CT molecular complexity index is 742. The van der Waals surface area contributed by atoms with Crippen molar-refractivity contribution in [2.45, 2.75) is 51.7 Å². The second-order valence-electron chi connectivity index (χ2n) is 8.03. The van der Waals surface area contributed by atoms with Crippen LogP contribution in [0.3, 0.4) is 0 Å². The molecular weight excluding hydrogens is 328 g/mol. The number of carbonyl (C=O) groups excluding carboxylic acids is 1. The Morgan fingerprint density at radius 1 is 1.35 bits per heavy atom. The van der Waals surface area contributed by atoms with Gasteiger partial charge in [-0.1, -0.05) is 19.9 Å². The van der Waals surface area contributed by atoms with Gasteiger partial charge in [0, 0.05) is 12.5 Å². The lowest BCUT2D eigenvalue weighted by Gasteiger charge is -2.51. The van der Waals surface area contributed by atoms with Gasteiger partial charge in [-0.05, 0) is 61.3 Å². The smallest absolute Gasteiger partial charge is 0.331 e. The minimum atomic E-state index is -1.23. The number of esters is 1. The highest BCUT2D eigenvalue weighted by molar-refractivity contribution is 5.86. The second-order valence-corrected chi connectivity index (χ2v) is 8.03. The second kappa shape index (κ2) is 6.68. The molecule has 0 saturated heterocycles. The predicted octanol–water partition coefficient (Wildman–Crippen LogP) is 2.90. The highest BCUT2D eigenvalue weighted by atomic mass is 16.5. The molecule has 0 aliphatic heterocycles. The van der Waals surface area contributed by atoms with Crippen molar-refractivity contribution in [3.05, 3.63) is 34.9 Å². The number of rotatable bonds is 3. The Balaban J connectivity index is 2.14. The summed E-state index contributed by atoms with van der Waals surface area (Å²) in [4.78, 5) is 13.1. The van der Waals surface area contributed by atoms with Gasteiger partial charge in [-0.2, -0.15) is 5.26 Å². The van der Waals surface area contributed by atoms with Crippen LogP contribution in [0.15, 0.2) is 18.2 Å². The average molecular weight is 356 g/mol. The van der Waals surface area contributed by atoms with Crippen molar-refractivity contribution >= 4 is 5.97 Å². The molecule has 2 N–H and O–H groups in total. The molecule has 0 bridgehead atoms. The van der Waals surface area contributed by atoms with E-state index in [1.807, 2.05) is 6.07 Å². The van der Waals surface area contributed by atoms with Crippen LogP contribution < -0.4 is 5.73 Å². The van der Waals surface area contributed by atoms with Gasteiger partial charge in [0.15, 0.2) is 0 Å². The van der Waals surface area contributed by atoms with Gasteiger partial charge >= 0.3 is 5.97 Å². The fraction of sp³-hybridized carbons (Fsp3) is 0.619. The fourth-order valence-electron chi connectivity index (χ4n) is 5.57. The van der Waals surface area contributed by atoms with E-state index in [4.69, 9.17) is 15.2 Å². The molecule has 0 amide bonds. The third kappa shape index (κ3) is 2.55. The van der Waals surface area contributed by atoms with Crippen molar-refractivity contribution in [2.24, 2.45) is 23.0 Å². The normalized spacial score (nSPS) is 35.8. The number of nitriles is 1. The monoisotopic (exact) mass is 356 g/mol. The van der Waals surface area contributed by atoms with Crippen LogP contribution >= 0.6 is 0 Å². The highest BCUT2D eigenvalue weighted by Crippen LogP contribution is 2.59. The number of fused-ring (bicyclic) bond motifs is 1. The van der Waals surface area contributed by atoms with Crippen LogP contribution in [-0.4, -0.2) is 25.8 Å². The van der Waals surface area contributed by atoms with Crippen LogP contribution in [0.2, 0.25) is 0 Å². The van der Waals surface area contributed by atoms with Crippen LogP contribution in [0.5, 0.6) is 0 Å². The van der Waals surface area contributed by atoms with Crippen LogP contribution in [0.4, 0.5) is 0 Å². The van der Waals surface area contributed by atoms with Crippen molar-refractivity contribution in [1.29, 1.82) is 5.26 Å². The van der Waals surface area contributed by atoms with E-state index in [0.717, 1.165) is 30.4 Å². The maximum absolute atomic E-state index is 13.1. The quantitative estimate of drug-likeness (QED) is 0.842. The minimum Gasteiger partial charge on any atom is -0.464 e. The van der Waals surface area contributed by atoms with E-state index < -0.39 is 11.0 Å². The Kier molecular flexibility index (Phi) is 4.85. The van der Waals surface area contributed by atoms with Gasteiger partial charge in [-0.3, -0.25) is 0 Å². The summed E-state index contributed by atoms with van der Waals surface area (Å²) in [7, 11) is 1.75. The zero-order chi connectivity index (χ0) is 19.1. The molecule has 5 heteroatoms. The Hall–Kier alpha value is -1.90. The number of methoxy groups -OCH3 is 1. The molecule has 0 radical (unpaired) electrons. The van der Waals surface area contributed by atoms with Crippen molar-refractivity contribution < 1.29 is 14.3 Å². The van der Waals surface area contributed by atoms with E-state index in [9.17, 15) is 10.1 Å². The van der Waals surface area contributed by atoms with Crippen molar-refractivity contribution in [2.75, 3.05) is 13.7 Å². The molecule has 5 atom stereocenters. The van der Waals surface area contributed by atoms with Crippen LogP contribution in [-0.2, 0) is 26.2 Å². The maximum atomic E-state index is 13.1. The third-order valence-corrected chi connectivity index (χ3v) is 6.45. The number of hydrogen-bond acceptors (Lipinski definition) is 5.